The summed E-state index contributed by atoms with van der Waals surface area (Å²) in [5, 5.41) is 0. The van der Waals surface area contributed by atoms with Crippen molar-refractivity contribution in [2.75, 3.05) is 32.8 Å². The van der Waals surface area contributed by atoms with Gasteiger partial charge in [0.2, 0.25) is 10.0 Å². The smallest absolute Gasteiger partial charge is 0.331 e. The maximum absolute atomic E-state index is 12.8. The summed E-state index contributed by atoms with van der Waals surface area (Å²) in [6.45, 7) is 4.48. The Morgan fingerprint density at radius 2 is 1.72 bits per heavy atom. The molecule has 0 N–H and O–H groups in total. The molecule has 1 amide bonds. The number of hydrogen-bond acceptors (Lipinski definition) is 5. The topological polar surface area (TPSA) is 84.0 Å². The van der Waals surface area contributed by atoms with E-state index in [0.29, 0.717) is 0 Å². The maximum Gasteiger partial charge on any atom is 0.331 e. The molecule has 1 aromatic carbocycles. The fourth-order valence-electron chi connectivity index (χ4n) is 2.96. The van der Waals surface area contributed by atoms with Crippen molar-refractivity contribution in [1.82, 2.24) is 9.21 Å². The highest BCUT2D eigenvalue weighted by Gasteiger charge is 2.30. The number of carbonyl (C=O) groups excluding carboxylic acids is 2. The Kier molecular flexibility index (Phi) is 8.60. The molecule has 29 heavy (non-hydrogen) atoms. The van der Waals surface area contributed by atoms with Crippen LogP contribution in [0.25, 0.3) is 0 Å². The van der Waals surface area contributed by atoms with E-state index in [9.17, 15) is 18.0 Å². The molecule has 158 valence electrons. The Morgan fingerprint density at radius 3 is 2.31 bits per heavy atom. The molecule has 1 heterocycles. The van der Waals surface area contributed by atoms with Gasteiger partial charge in [-0.05, 0) is 31.0 Å². The summed E-state index contributed by atoms with van der Waals surface area (Å²) in [7, 11) is -3.59. The number of ether oxygens (including phenoxy) is 1. The van der Waals surface area contributed by atoms with Crippen molar-refractivity contribution in [2.24, 2.45) is 0 Å². The summed E-state index contributed by atoms with van der Waals surface area (Å²) in [6, 6.07) is 6.96. The molecule has 0 aromatic heterocycles. The molecule has 0 unspecified atom stereocenters. The molecule has 0 radical (unpaired) electrons. The van der Waals surface area contributed by atoms with Crippen LogP contribution >= 0.6 is 0 Å². The van der Waals surface area contributed by atoms with Crippen molar-refractivity contribution in [3.63, 3.8) is 0 Å². The van der Waals surface area contributed by atoms with Gasteiger partial charge in [0.15, 0.2) is 6.61 Å². The van der Waals surface area contributed by atoms with Gasteiger partial charge in [-0.1, -0.05) is 43.7 Å². The number of sulfonamides is 1. The van der Waals surface area contributed by atoms with E-state index in [-0.39, 0.29) is 43.6 Å². The van der Waals surface area contributed by atoms with E-state index >= 15 is 0 Å². The minimum Gasteiger partial charge on any atom is -0.452 e. The molecule has 0 aliphatic carbocycles. The quantitative estimate of drug-likeness (QED) is 0.366. The molecule has 0 atom stereocenters. The summed E-state index contributed by atoms with van der Waals surface area (Å²) in [5.74, 6) is -0.928. The molecule has 0 bridgehead atoms. The molecule has 7 nitrogen and oxygen atoms in total. The maximum atomic E-state index is 12.8. The first-order chi connectivity index (χ1) is 13.9. The molecule has 1 aliphatic heterocycles. The Hall–Kier alpha value is -2.45. The third-order valence-corrected chi connectivity index (χ3v) is 6.48. The monoisotopic (exact) mass is 420 g/mol. The van der Waals surface area contributed by atoms with E-state index in [2.05, 4.69) is 6.92 Å². The summed E-state index contributed by atoms with van der Waals surface area (Å²) < 4.78 is 31.9. The van der Waals surface area contributed by atoms with Crippen LogP contribution < -0.4 is 0 Å². The van der Waals surface area contributed by atoms with Crippen LogP contribution in [0.5, 0.6) is 0 Å². The molecule has 1 aromatic rings. The van der Waals surface area contributed by atoms with Crippen molar-refractivity contribution < 1.29 is 22.7 Å². The number of allylic oxidation sites excluding steroid dienone is 3. The minimum absolute atomic E-state index is 0.208. The van der Waals surface area contributed by atoms with Crippen LogP contribution in [0.3, 0.4) is 0 Å². The Bertz CT molecular complexity index is 852. The van der Waals surface area contributed by atoms with Crippen LogP contribution in [0.15, 0.2) is 53.5 Å². The van der Waals surface area contributed by atoms with Crippen LogP contribution in [0.1, 0.15) is 25.8 Å². The van der Waals surface area contributed by atoms with Gasteiger partial charge >= 0.3 is 5.97 Å². The van der Waals surface area contributed by atoms with Gasteiger partial charge in [-0.15, -0.1) is 0 Å². The van der Waals surface area contributed by atoms with Crippen molar-refractivity contribution in [1.29, 1.82) is 0 Å². The number of amides is 1. The van der Waals surface area contributed by atoms with Gasteiger partial charge in [0.25, 0.3) is 5.91 Å². The highest BCUT2D eigenvalue weighted by atomic mass is 32.2. The predicted octanol–water partition coefficient (Wildman–Crippen LogP) is 2.15. The highest BCUT2D eigenvalue weighted by Crippen LogP contribution is 2.19. The minimum atomic E-state index is -3.59. The fraction of sp³-hybridized carbons (Fsp3) is 0.429. The van der Waals surface area contributed by atoms with E-state index in [1.54, 1.807) is 24.3 Å². The standard InChI is InChI=1S/C21H28N2O5S/c1-3-5-6-8-21(25)28-17-20(24)22-13-15-23(16-14-22)29(26,27)19-11-9-18(7-4-2)10-12-19/h3,5-6,8-12H,4,7,13-17H2,1-2H3/b5-3+,8-6+. The SMILES string of the molecule is C/C=C/C=C/C(=O)OCC(=O)N1CCN(S(=O)(=O)c2ccc(CCC)cc2)CC1. The molecular weight excluding hydrogens is 392 g/mol. The second-order valence-corrected chi connectivity index (χ2v) is 8.61. The summed E-state index contributed by atoms with van der Waals surface area (Å²) >= 11 is 0. The zero-order valence-electron chi connectivity index (χ0n) is 16.9. The molecule has 1 saturated heterocycles. The van der Waals surface area contributed by atoms with Crippen LogP contribution in [-0.4, -0.2) is 62.3 Å². The summed E-state index contributed by atoms with van der Waals surface area (Å²) in [6.07, 6.45) is 8.14. The average molecular weight is 421 g/mol. The zero-order chi connectivity index (χ0) is 21.3. The lowest BCUT2D eigenvalue weighted by atomic mass is 10.1. The predicted molar refractivity (Wildman–Crippen MR) is 111 cm³/mol. The summed E-state index contributed by atoms with van der Waals surface area (Å²) in [5.41, 5.74) is 1.11. The lowest BCUT2D eigenvalue weighted by molar-refractivity contribution is -0.148. The van der Waals surface area contributed by atoms with Gasteiger partial charge in [0.05, 0.1) is 4.90 Å². The normalized spacial score (nSPS) is 15.9. The van der Waals surface area contributed by atoms with Crippen LogP contribution in [0.2, 0.25) is 0 Å². The number of carbonyl (C=O) groups is 2. The summed E-state index contributed by atoms with van der Waals surface area (Å²) in [4.78, 5) is 25.5. The van der Waals surface area contributed by atoms with E-state index < -0.39 is 16.0 Å². The number of aryl methyl sites for hydroxylation is 1. The number of esters is 1. The van der Waals surface area contributed by atoms with Gasteiger partial charge in [-0.25, -0.2) is 13.2 Å². The molecule has 1 aliphatic rings. The van der Waals surface area contributed by atoms with Crippen LogP contribution in [-0.2, 0) is 30.8 Å². The number of piperazine rings is 1. The molecule has 8 heteroatoms. The van der Waals surface area contributed by atoms with E-state index in [1.165, 1.54) is 21.4 Å². The van der Waals surface area contributed by atoms with E-state index in [4.69, 9.17) is 4.74 Å². The number of benzene rings is 1. The van der Waals surface area contributed by atoms with Crippen molar-refractivity contribution in [2.45, 2.75) is 31.6 Å². The van der Waals surface area contributed by atoms with Gasteiger partial charge in [-0.3, -0.25) is 4.79 Å². The Morgan fingerprint density at radius 1 is 1.07 bits per heavy atom. The van der Waals surface area contributed by atoms with Crippen LogP contribution in [0, 0.1) is 0 Å². The molecule has 0 saturated carbocycles. The average Bonchev–Trinajstić information content (AvgIpc) is 2.73. The van der Waals surface area contributed by atoms with Crippen molar-refractivity contribution in [3.05, 3.63) is 54.1 Å². The third-order valence-electron chi connectivity index (χ3n) is 4.56. The number of nitrogens with zero attached hydrogens (tertiary/aromatic N) is 2. The zero-order valence-corrected chi connectivity index (χ0v) is 17.7. The largest absolute Gasteiger partial charge is 0.452 e. The first-order valence-electron chi connectivity index (χ1n) is 9.71. The van der Waals surface area contributed by atoms with E-state index in [1.807, 2.05) is 19.1 Å². The second kappa shape index (κ2) is 10.9. The highest BCUT2D eigenvalue weighted by molar-refractivity contribution is 7.89. The molecular formula is C21H28N2O5S. The second-order valence-electron chi connectivity index (χ2n) is 6.67. The molecule has 0 spiro atoms. The Labute approximate surface area is 172 Å². The fourth-order valence-corrected chi connectivity index (χ4v) is 4.38. The first kappa shape index (κ1) is 22.8. The van der Waals surface area contributed by atoms with Gasteiger partial charge in [0, 0.05) is 32.3 Å². The van der Waals surface area contributed by atoms with Gasteiger partial charge < -0.3 is 9.64 Å². The van der Waals surface area contributed by atoms with Crippen molar-refractivity contribution in [3.8, 4) is 0 Å². The molecule has 1 fully saturated rings. The van der Waals surface area contributed by atoms with E-state index in [0.717, 1.165) is 18.4 Å². The first-order valence-corrected chi connectivity index (χ1v) is 11.2. The van der Waals surface area contributed by atoms with Gasteiger partial charge in [0.1, 0.15) is 0 Å². The van der Waals surface area contributed by atoms with Gasteiger partial charge in [-0.2, -0.15) is 4.31 Å². The van der Waals surface area contributed by atoms with Crippen LogP contribution in [0.4, 0.5) is 0 Å². The lowest BCUT2D eigenvalue weighted by Crippen LogP contribution is -2.51. The lowest BCUT2D eigenvalue weighted by Gasteiger charge is -2.33. The molecule has 2 rings (SSSR count). The third kappa shape index (κ3) is 6.54. The van der Waals surface area contributed by atoms with Crippen molar-refractivity contribution >= 4 is 21.9 Å². The Balaban J connectivity index is 1.87. The number of hydrogen-bond donors (Lipinski definition) is 0. The number of rotatable bonds is 8.